The summed E-state index contributed by atoms with van der Waals surface area (Å²) in [5, 5.41) is 22.3. The Hall–Kier alpha value is -2.26. The molecule has 0 saturated carbocycles. The summed E-state index contributed by atoms with van der Waals surface area (Å²) >= 11 is 0. The van der Waals surface area contributed by atoms with Gasteiger partial charge in [0.05, 0.1) is 18.8 Å². The van der Waals surface area contributed by atoms with Crippen LogP contribution in [0.5, 0.6) is 5.75 Å². The van der Waals surface area contributed by atoms with Crippen LogP contribution in [-0.2, 0) is 4.74 Å². The molecule has 1 atom stereocenters. The largest absolute Gasteiger partial charge is 0.490 e. The van der Waals surface area contributed by atoms with Gasteiger partial charge in [-0.25, -0.2) is 8.78 Å². The van der Waals surface area contributed by atoms with E-state index in [1.165, 1.54) is 36.4 Å². The van der Waals surface area contributed by atoms with Crippen molar-refractivity contribution in [3.63, 3.8) is 0 Å². The lowest BCUT2D eigenvalue weighted by atomic mass is 9.90. The Bertz CT molecular complexity index is 890. The molecule has 0 amide bonds. The van der Waals surface area contributed by atoms with Crippen molar-refractivity contribution in [2.45, 2.75) is 24.0 Å². The van der Waals surface area contributed by atoms with Gasteiger partial charge in [0.1, 0.15) is 29.6 Å². The number of ether oxygens (including phenoxy) is 2. The van der Waals surface area contributed by atoms with E-state index in [9.17, 15) is 19.0 Å². The molecule has 0 aromatic heterocycles. The number of β-amino-alcohol motifs (C(OH)–C–C–N with tert-alkyl or cyclic N) is 2. The van der Waals surface area contributed by atoms with Crippen LogP contribution in [0.3, 0.4) is 0 Å². The monoisotopic (exact) mass is 448 g/mol. The van der Waals surface area contributed by atoms with E-state index in [-0.39, 0.29) is 24.8 Å². The quantitative estimate of drug-likeness (QED) is 0.708. The third kappa shape index (κ3) is 5.95. The molecule has 0 unspecified atom stereocenters. The highest BCUT2D eigenvalue weighted by atomic mass is 19.1. The number of aliphatic hydroxyl groups is 2. The van der Waals surface area contributed by atoms with E-state index in [0.29, 0.717) is 57.9 Å². The zero-order chi connectivity index (χ0) is 22.6. The molecule has 2 saturated heterocycles. The van der Waals surface area contributed by atoms with E-state index in [4.69, 9.17) is 9.47 Å². The van der Waals surface area contributed by atoms with Crippen molar-refractivity contribution in [3.8, 4) is 5.75 Å². The Labute approximate surface area is 187 Å². The maximum Gasteiger partial charge on any atom is 0.134 e. The number of benzene rings is 2. The van der Waals surface area contributed by atoms with E-state index in [1.807, 2.05) is 11.0 Å². The number of nitrogens with zero attached hydrogens (tertiary/aromatic N) is 2. The molecule has 174 valence electrons. The van der Waals surface area contributed by atoms with Gasteiger partial charge in [0.15, 0.2) is 0 Å². The van der Waals surface area contributed by atoms with Crippen molar-refractivity contribution in [1.82, 2.24) is 4.90 Å². The topological polar surface area (TPSA) is 65.4 Å². The number of piperidine rings is 1. The zero-order valence-electron chi connectivity index (χ0n) is 18.1. The molecule has 32 heavy (non-hydrogen) atoms. The first-order valence-electron chi connectivity index (χ1n) is 11.0. The van der Waals surface area contributed by atoms with Gasteiger partial charge >= 0.3 is 0 Å². The summed E-state index contributed by atoms with van der Waals surface area (Å²) in [7, 11) is 0. The van der Waals surface area contributed by atoms with Crippen LogP contribution < -0.4 is 9.64 Å². The minimum absolute atomic E-state index is 0.000903. The van der Waals surface area contributed by atoms with Gasteiger partial charge in [-0.1, -0.05) is 6.07 Å². The van der Waals surface area contributed by atoms with Crippen LogP contribution in [0.1, 0.15) is 12.8 Å². The van der Waals surface area contributed by atoms with Gasteiger partial charge in [-0.05, 0) is 55.3 Å². The standard InChI is InChI=1S/C24H30F2N2O4/c25-19-4-6-22(7-5-19)32-18-24(30)16-27(12-13-31-17-24)15-23(29)8-10-28(11-9-23)21-3-1-2-20(26)14-21/h1-7,14,29-30H,8-13,15-18H2/t24-/m0/s1. The first-order chi connectivity index (χ1) is 15.3. The molecule has 2 aliphatic heterocycles. The predicted octanol–water partition coefficient (Wildman–Crippen LogP) is 2.44. The fourth-order valence-corrected chi connectivity index (χ4v) is 4.40. The van der Waals surface area contributed by atoms with Crippen molar-refractivity contribution in [3.05, 3.63) is 60.2 Å². The van der Waals surface area contributed by atoms with Crippen molar-refractivity contribution in [2.75, 3.05) is 57.4 Å². The maximum absolute atomic E-state index is 13.5. The summed E-state index contributed by atoms with van der Waals surface area (Å²) < 4.78 is 37.9. The van der Waals surface area contributed by atoms with Crippen LogP contribution in [0.2, 0.25) is 0 Å². The number of anilines is 1. The number of hydrogen-bond acceptors (Lipinski definition) is 6. The van der Waals surface area contributed by atoms with E-state index in [1.54, 1.807) is 6.07 Å². The van der Waals surface area contributed by atoms with Gasteiger partial charge in [0.25, 0.3) is 0 Å². The average Bonchev–Trinajstić information content (AvgIpc) is 2.95. The van der Waals surface area contributed by atoms with Gasteiger partial charge in [-0.3, -0.25) is 4.90 Å². The van der Waals surface area contributed by atoms with E-state index in [2.05, 4.69) is 4.90 Å². The van der Waals surface area contributed by atoms with Gasteiger partial charge in [-0.2, -0.15) is 0 Å². The Morgan fingerprint density at radius 3 is 2.41 bits per heavy atom. The van der Waals surface area contributed by atoms with Crippen LogP contribution >= 0.6 is 0 Å². The van der Waals surface area contributed by atoms with Crippen molar-refractivity contribution >= 4 is 5.69 Å². The van der Waals surface area contributed by atoms with Crippen LogP contribution in [0, 0.1) is 11.6 Å². The van der Waals surface area contributed by atoms with Gasteiger partial charge in [-0.15, -0.1) is 0 Å². The first-order valence-corrected chi connectivity index (χ1v) is 11.0. The van der Waals surface area contributed by atoms with Gasteiger partial charge in [0.2, 0.25) is 0 Å². The third-order valence-electron chi connectivity index (χ3n) is 6.15. The van der Waals surface area contributed by atoms with Crippen molar-refractivity contribution in [2.24, 2.45) is 0 Å². The molecular formula is C24H30F2N2O4. The van der Waals surface area contributed by atoms with Crippen LogP contribution in [0.15, 0.2) is 48.5 Å². The second kappa shape index (κ2) is 9.70. The Morgan fingerprint density at radius 2 is 1.69 bits per heavy atom. The number of halogens is 2. The summed E-state index contributed by atoms with van der Waals surface area (Å²) in [4.78, 5) is 4.09. The minimum Gasteiger partial charge on any atom is -0.490 e. The maximum atomic E-state index is 13.5. The van der Waals surface area contributed by atoms with E-state index in [0.717, 1.165) is 5.69 Å². The molecule has 2 fully saturated rings. The zero-order valence-corrected chi connectivity index (χ0v) is 18.1. The number of hydrogen-bond donors (Lipinski definition) is 2. The fourth-order valence-electron chi connectivity index (χ4n) is 4.40. The highest BCUT2D eigenvalue weighted by Crippen LogP contribution is 2.28. The van der Waals surface area contributed by atoms with Gasteiger partial charge in [0, 0.05) is 38.4 Å². The lowest BCUT2D eigenvalue weighted by Gasteiger charge is -2.42. The average molecular weight is 449 g/mol. The molecule has 0 spiro atoms. The van der Waals surface area contributed by atoms with Gasteiger partial charge < -0.3 is 24.6 Å². The molecule has 2 N–H and O–H groups in total. The highest BCUT2D eigenvalue weighted by Gasteiger charge is 2.39. The predicted molar refractivity (Wildman–Crippen MR) is 117 cm³/mol. The second-order valence-electron chi connectivity index (χ2n) is 8.92. The third-order valence-corrected chi connectivity index (χ3v) is 6.15. The summed E-state index contributed by atoms with van der Waals surface area (Å²) in [5.74, 6) is -0.147. The molecule has 2 aromatic carbocycles. The molecule has 6 nitrogen and oxygen atoms in total. The molecule has 8 heteroatoms. The molecule has 2 heterocycles. The summed E-state index contributed by atoms with van der Waals surface area (Å²) in [6.07, 6.45) is 1.09. The normalized spacial score (nSPS) is 24.2. The van der Waals surface area contributed by atoms with Crippen molar-refractivity contribution in [1.29, 1.82) is 0 Å². The lowest BCUT2D eigenvalue weighted by Crippen LogP contribution is -2.55. The molecular weight excluding hydrogens is 418 g/mol. The molecule has 2 aliphatic rings. The Kier molecular flexibility index (Phi) is 6.95. The Morgan fingerprint density at radius 1 is 0.938 bits per heavy atom. The molecule has 0 bridgehead atoms. The summed E-state index contributed by atoms with van der Waals surface area (Å²) in [6.45, 7) is 3.12. The molecule has 0 aliphatic carbocycles. The van der Waals surface area contributed by atoms with E-state index < -0.39 is 11.2 Å². The van der Waals surface area contributed by atoms with Crippen LogP contribution in [0.25, 0.3) is 0 Å². The summed E-state index contributed by atoms with van der Waals surface area (Å²) in [5.41, 5.74) is -1.32. The molecule has 4 rings (SSSR count). The first kappa shape index (κ1) is 22.9. The number of rotatable bonds is 6. The SMILES string of the molecule is OC1(CN2CCOC[C@](O)(COc3ccc(F)cc3)C2)CCN(c2cccc(F)c2)CC1. The molecule has 0 radical (unpaired) electrons. The van der Waals surface area contributed by atoms with E-state index >= 15 is 0 Å². The van der Waals surface area contributed by atoms with Crippen molar-refractivity contribution < 1.29 is 28.5 Å². The second-order valence-corrected chi connectivity index (χ2v) is 8.92. The lowest BCUT2D eigenvalue weighted by molar-refractivity contribution is -0.0742. The molecule has 2 aromatic rings. The van der Waals surface area contributed by atoms with Crippen LogP contribution in [0.4, 0.5) is 14.5 Å². The fraction of sp³-hybridized carbons (Fsp3) is 0.500. The Balaban J connectivity index is 1.33. The minimum atomic E-state index is -1.25. The smallest absolute Gasteiger partial charge is 0.134 e. The summed E-state index contributed by atoms with van der Waals surface area (Å²) in [6, 6.07) is 12.1. The highest BCUT2D eigenvalue weighted by molar-refractivity contribution is 5.47. The van der Waals surface area contributed by atoms with Crippen LogP contribution in [-0.4, -0.2) is 78.9 Å².